The molecule has 2 heterocycles. The van der Waals surface area contributed by atoms with Crippen LogP contribution in [0.5, 0.6) is 0 Å². The average molecular weight is 262 g/mol. The van der Waals surface area contributed by atoms with Crippen molar-refractivity contribution in [1.82, 2.24) is 25.4 Å². The van der Waals surface area contributed by atoms with E-state index in [0.29, 0.717) is 12.1 Å². The van der Waals surface area contributed by atoms with Gasteiger partial charge in [0.1, 0.15) is 12.2 Å². The second-order valence-electron chi connectivity index (χ2n) is 5.33. The Morgan fingerprint density at radius 1 is 1.37 bits per heavy atom. The monoisotopic (exact) mass is 262 g/mol. The number of guanidine groups is 1. The van der Waals surface area contributed by atoms with Crippen molar-refractivity contribution in [2.24, 2.45) is 4.99 Å². The van der Waals surface area contributed by atoms with Crippen molar-refractivity contribution in [3.8, 4) is 0 Å². The Balaban J connectivity index is 1.58. The molecule has 19 heavy (non-hydrogen) atoms. The fourth-order valence-electron chi connectivity index (χ4n) is 2.59. The van der Waals surface area contributed by atoms with Gasteiger partial charge < -0.3 is 10.6 Å². The van der Waals surface area contributed by atoms with Gasteiger partial charge in [0.15, 0.2) is 5.96 Å². The Labute approximate surface area is 113 Å². The van der Waals surface area contributed by atoms with Crippen LogP contribution in [0.25, 0.3) is 0 Å². The van der Waals surface area contributed by atoms with E-state index in [-0.39, 0.29) is 0 Å². The van der Waals surface area contributed by atoms with E-state index >= 15 is 0 Å². The van der Waals surface area contributed by atoms with Gasteiger partial charge >= 0.3 is 0 Å². The first-order chi connectivity index (χ1) is 9.35. The van der Waals surface area contributed by atoms with Crippen LogP contribution in [0.3, 0.4) is 0 Å². The van der Waals surface area contributed by atoms with Crippen LogP contribution in [0, 0.1) is 0 Å². The molecule has 0 spiro atoms. The van der Waals surface area contributed by atoms with Gasteiger partial charge in [-0.25, -0.2) is 9.67 Å². The Bertz CT molecular complexity index is 448. The van der Waals surface area contributed by atoms with E-state index in [1.165, 1.54) is 19.3 Å². The topological polar surface area (TPSA) is 67.1 Å². The fourth-order valence-corrected chi connectivity index (χ4v) is 2.59. The van der Waals surface area contributed by atoms with Crippen molar-refractivity contribution in [1.29, 1.82) is 0 Å². The highest BCUT2D eigenvalue weighted by atomic mass is 15.4. The molecule has 3 rings (SSSR count). The number of aliphatic imine (C=N–C) groups is 1. The van der Waals surface area contributed by atoms with Gasteiger partial charge in [-0.15, -0.1) is 0 Å². The third-order valence-corrected chi connectivity index (χ3v) is 3.91. The van der Waals surface area contributed by atoms with Crippen molar-refractivity contribution in [3.05, 3.63) is 12.2 Å². The molecule has 1 atom stereocenters. The van der Waals surface area contributed by atoms with E-state index in [9.17, 15) is 0 Å². The van der Waals surface area contributed by atoms with E-state index in [2.05, 4.69) is 32.6 Å². The van der Waals surface area contributed by atoms with Crippen LogP contribution < -0.4 is 10.6 Å². The van der Waals surface area contributed by atoms with Gasteiger partial charge in [0, 0.05) is 25.0 Å². The predicted octanol–water partition coefficient (Wildman–Crippen LogP) is 0.701. The summed E-state index contributed by atoms with van der Waals surface area (Å²) in [7, 11) is 0. The molecule has 1 aromatic heterocycles. The third kappa shape index (κ3) is 2.88. The largest absolute Gasteiger partial charge is 0.354 e. The van der Waals surface area contributed by atoms with Gasteiger partial charge in [-0.1, -0.05) is 0 Å². The lowest BCUT2D eigenvalue weighted by Gasteiger charge is -2.31. The van der Waals surface area contributed by atoms with Crippen LogP contribution in [0.2, 0.25) is 0 Å². The molecule has 0 saturated heterocycles. The number of rotatable bonds is 3. The number of aryl methyl sites for hydroxylation is 1. The molecule has 1 aliphatic heterocycles. The van der Waals surface area contributed by atoms with Crippen molar-refractivity contribution in [2.75, 3.05) is 6.54 Å². The summed E-state index contributed by atoms with van der Waals surface area (Å²) in [5.74, 6) is 2.06. The highest BCUT2D eigenvalue weighted by Crippen LogP contribution is 2.18. The fraction of sp³-hybridized carbons (Fsp3) is 0.769. The molecular formula is C13H22N6. The van der Waals surface area contributed by atoms with Crippen LogP contribution in [0.4, 0.5) is 0 Å². The maximum absolute atomic E-state index is 4.53. The van der Waals surface area contributed by atoms with Crippen LogP contribution in [-0.4, -0.2) is 39.4 Å². The summed E-state index contributed by atoms with van der Waals surface area (Å²) in [5.41, 5.74) is 0. The average Bonchev–Trinajstić information content (AvgIpc) is 2.81. The van der Waals surface area contributed by atoms with Crippen molar-refractivity contribution >= 4 is 5.96 Å². The Kier molecular flexibility index (Phi) is 3.66. The Hall–Kier alpha value is -1.59. The molecule has 1 aromatic rings. The zero-order valence-electron chi connectivity index (χ0n) is 11.5. The minimum Gasteiger partial charge on any atom is -0.354 e. The highest BCUT2D eigenvalue weighted by Gasteiger charge is 2.23. The molecule has 1 aliphatic carbocycles. The number of nitrogens with one attached hydrogen (secondary N) is 2. The lowest BCUT2D eigenvalue weighted by molar-refractivity contribution is 0.363. The molecule has 104 valence electrons. The molecule has 1 fully saturated rings. The quantitative estimate of drug-likeness (QED) is 0.621. The summed E-state index contributed by atoms with van der Waals surface area (Å²) in [4.78, 5) is 8.79. The molecule has 0 bridgehead atoms. The first-order valence-corrected chi connectivity index (χ1v) is 7.29. The van der Waals surface area contributed by atoms with Gasteiger partial charge in [0.2, 0.25) is 0 Å². The summed E-state index contributed by atoms with van der Waals surface area (Å²) >= 11 is 0. The summed E-state index contributed by atoms with van der Waals surface area (Å²) in [6.45, 7) is 3.76. The van der Waals surface area contributed by atoms with Crippen LogP contribution in [0.15, 0.2) is 11.3 Å². The van der Waals surface area contributed by atoms with E-state index in [1.54, 1.807) is 6.33 Å². The molecule has 2 N–H and O–H groups in total. The maximum Gasteiger partial charge on any atom is 0.191 e. The van der Waals surface area contributed by atoms with Gasteiger partial charge in [-0.3, -0.25) is 4.99 Å². The molecule has 0 aromatic carbocycles. The predicted molar refractivity (Wildman–Crippen MR) is 74.0 cm³/mol. The number of aromatic nitrogens is 3. The number of hydrogen-bond acceptors (Lipinski definition) is 3. The van der Waals surface area contributed by atoms with Gasteiger partial charge in [-0.2, -0.15) is 5.10 Å². The molecule has 6 nitrogen and oxygen atoms in total. The first-order valence-electron chi connectivity index (χ1n) is 7.29. The van der Waals surface area contributed by atoms with Gasteiger partial charge in [0.25, 0.3) is 0 Å². The minimum atomic E-state index is 0.395. The minimum absolute atomic E-state index is 0.395. The van der Waals surface area contributed by atoms with Crippen molar-refractivity contribution in [3.63, 3.8) is 0 Å². The number of hydrogen-bond donors (Lipinski definition) is 2. The molecule has 0 amide bonds. The molecule has 1 unspecified atom stereocenters. The normalized spacial score (nSPS) is 23.6. The lowest BCUT2D eigenvalue weighted by atomic mass is 9.93. The molecule has 6 heteroatoms. The highest BCUT2D eigenvalue weighted by molar-refractivity contribution is 5.80. The molecule has 2 aliphatic rings. The Morgan fingerprint density at radius 3 is 2.95 bits per heavy atom. The zero-order chi connectivity index (χ0) is 13.1. The van der Waals surface area contributed by atoms with E-state index in [1.807, 2.05) is 4.68 Å². The molecule has 0 radical (unpaired) electrons. The van der Waals surface area contributed by atoms with E-state index in [0.717, 1.165) is 37.7 Å². The number of fused-ring (bicyclic) bond motifs is 1. The molecule has 1 saturated carbocycles. The van der Waals surface area contributed by atoms with Crippen LogP contribution in [0.1, 0.15) is 38.4 Å². The van der Waals surface area contributed by atoms with Crippen molar-refractivity contribution in [2.45, 2.75) is 57.7 Å². The SMILES string of the molecule is CCN=C(NC1CCC1)NC1CCc2ncnn2C1. The van der Waals surface area contributed by atoms with Gasteiger partial charge in [-0.05, 0) is 32.6 Å². The number of nitrogens with zero attached hydrogens (tertiary/aromatic N) is 4. The summed E-state index contributed by atoms with van der Waals surface area (Å²) < 4.78 is 1.99. The lowest BCUT2D eigenvalue weighted by Crippen LogP contribution is -2.51. The van der Waals surface area contributed by atoms with Crippen LogP contribution in [-0.2, 0) is 13.0 Å². The smallest absolute Gasteiger partial charge is 0.191 e. The van der Waals surface area contributed by atoms with E-state index in [4.69, 9.17) is 0 Å². The zero-order valence-corrected chi connectivity index (χ0v) is 11.5. The molecular weight excluding hydrogens is 240 g/mol. The van der Waals surface area contributed by atoms with E-state index < -0.39 is 0 Å². The summed E-state index contributed by atoms with van der Waals surface area (Å²) in [6, 6.07) is 1.01. The third-order valence-electron chi connectivity index (χ3n) is 3.91. The van der Waals surface area contributed by atoms with Crippen LogP contribution >= 0.6 is 0 Å². The summed E-state index contributed by atoms with van der Waals surface area (Å²) in [5, 5.41) is 11.3. The maximum atomic E-state index is 4.53. The first kappa shape index (κ1) is 12.4. The van der Waals surface area contributed by atoms with Gasteiger partial charge in [0.05, 0.1) is 6.54 Å². The second kappa shape index (κ2) is 5.59. The standard InChI is InChI=1S/C13H22N6/c1-2-14-13(17-10-4-3-5-10)18-11-6-7-12-15-9-16-19(12)8-11/h9-11H,2-8H2,1H3,(H2,14,17,18). The Morgan fingerprint density at radius 2 is 2.21 bits per heavy atom. The summed E-state index contributed by atoms with van der Waals surface area (Å²) in [6.07, 6.45) is 7.59. The van der Waals surface area contributed by atoms with Crippen molar-refractivity contribution < 1.29 is 0 Å². The second-order valence-corrected chi connectivity index (χ2v) is 5.33.